The number of likely N-dealkylation sites (N-methyl/N-ethyl adjacent to an activating group) is 1. The van der Waals surface area contributed by atoms with Crippen molar-refractivity contribution < 1.29 is 9.90 Å². The van der Waals surface area contributed by atoms with Crippen LogP contribution in [0.25, 0.3) is 0 Å². The van der Waals surface area contributed by atoms with E-state index in [0.29, 0.717) is 5.92 Å². The lowest BCUT2D eigenvalue weighted by molar-refractivity contribution is -0.124. The van der Waals surface area contributed by atoms with E-state index in [1.807, 2.05) is 37.2 Å². The Morgan fingerprint density at radius 2 is 2.15 bits per heavy atom. The van der Waals surface area contributed by atoms with Crippen LogP contribution in [0.5, 0.6) is 0 Å². The third-order valence-electron chi connectivity index (χ3n) is 3.63. The monoisotopic (exact) mass is 298 g/mol. The van der Waals surface area contributed by atoms with Crippen molar-refractivity contribution in [2.45, 2.75) is 39.3 Å². The second-order valence-electron chi connectivity index (χ2n) is 6.13. The Kier molecular flexibility index (Phi) is 6.17. The Morgan fingerprint density at radius 3 is 2.60 bits per heavy atom. The highest BCUT2D eigenvalue weighted by Crippen LogP contribution is 2.25. The van der Waals surface area contributed by atoms with Gasteiger partial charge in [-0.3, -0.25) is 9.69 Å². The zero-order valence-corrected chi connectivity index (χ0v) is 13.8. The van der Waals surface area contributed by atoms with E-state index >= 15 is 0 Å². The molecule has 20 heavy (non-hydrogen) atoms. The van der Waals surface area contributed by atoms with Crippen molar-refractivity contribution in [3.05, 3.63) is 22.4 Å². The van der Waals surface area contributed by atoms with Crippen LogP contribution in [0.4, 0.5) is 0 Å². The van der Waals surface area contributed by atoms with E-state index in [1.54, 1.807) is 11.3 Å². The molecule has 0 spiro atoms. The van der Waals surface area contributed by atoms with Crippen LogP contribution in [0, 0.1) is 5.92 Å². The molecule has 0 fully saturated rings. The zero-order valence-electron chi connectivity index (χ0n) is 13.0. The van der Waals surface area contributed by atoms with Crippen molar-refractivity contribution in [3.63, 3.8) is 0 Å². The Labute approximate surface area is 125 Å². The molecule has 0 aliphatic rings. The first-order chi connectivity index (χ1) is 9.27. The summed E-state index contributed by atoms with van der Waals surface area (Å²) >= 11 is 1.66. The lowest BCUT2D eigenvalue weighted by Gasteiger charge is -2.33. The van der Waals surface area contributed by atoms with Crippen LogP contribution in [-0.2, 0) is 4.79 Å². The summed E-state index contributed by atoms with van der Waals surface area (Å²) in [6, 6.07) is 4.10. The maximum Gasteiger partial charge on any atom is 0.234 e. The van der Waals surface area contributed by atoms with Crippen LogP contribution in [-0.4, -0.2) is 41.7 Å². The highest BCUT2D eigenvalue weighted by atomic mass is 32.1. The second kappa shape index (κ2) is 7.20. The number of hydrogen-bond donors (Lipinski definition) is 2. The van der Waals surface area contributed by atoms with Gasteiger partial charge >= 0.3 is 0 Å². The van der Waals surface area contributed by atoms with Gasteiger partial charge in [0, 0.05) is 10.4 Å². The number of aliphatic hydroxyl groups excluding tert-OH is 1. The minimum Gasteiger partial charge on any atom is -0.394 e. The summed E-state index contributed by atoms with van der Waals surface area (Å²) in [6.07, 6.45) is 0. The summed E-state index contributed by atoms with van der Waals surface area (Å²) in [4.78, 5) is 15.2. The Bertz CT molecular complexity index is 416. The number of aliphatic hydroxyl groups is 1. The van der Waals surface area contributed by atoms with Crippen LogP contribution < -0.4 is 5.32 Å². The van der Waals surface area contributed by atoms with Gasteiger partial charge in [0.05, 0.1) is 19.2 Å². The molecule has 0 radical (unpaired) electrons. The average Bonchev–Trinajstić information content (AvgIpc) is 2.88. The summed E-state index contributed by atoms with van der Waals surface area (Å²) in [7, 11) is 1.85. The maximum atomic E-state index is 12.2. The van der Waals surface area contributed by atoms with E-state index in [0.717, 1.165) is 0 Å². The van der Waals surface area contributed by atoms with E-state index in [2.05, 4.69) is 25.2 Å². The number of carbonyl (C=O) groups excluding carboxylic acids is 1. The molecule has 1 aromatic heterocycles. The zero-order chi connectivity index (χ0) is 15.3. The number of rotatable bonds is 7. The van der Waals surface area contributed by atoms with E-state index in [-0.39, 0.29) is 25.1 Å². The summed E-state index contributed by atoms with van der Waals surface area (Å²) < 4.78 is 0. The summed E-state index contributed by atoms with van der Waals surface area (Å²) in [6.45, 7) is 8.34. The first kappa shape index (κ1) is 17.1. The number of thiophene rings is 1. The topological polar surface area (TPSA) is 52.6 Å². The van der Waals surface area contributed by atoms with Crippen LogP contribution in [0.3, 0.4) is 0 Å². The molecule has 0 saturated heterocycles. The minimum atomic E-state index is -0.395. The number of hydrogen-bond acceptors (Lipinski definition) is 4. The van der Waals surface area contributed by atoms with Crippen molar-refractivity contribution in [1.82, 2.24) is 10.2 Å². The van der Waals surface area contributed by atoms with Gasteiger partial charge < -0.3 is 10.4 Å². The van der Waals surface area contributed by atoms with Crippen molar-refractivity contribution in [1.29, 1.82) is 0 Å². The molecule has 1 rings (SSSR count). The van der Waals surface area contributed by atoms with Gasteiger partial charge in [-0.05, 0) is 38.3 Å². The van der Waals surface area contributed by atoms with Crippen molar-refractivity contribution >= 4 is 17.2 Å². The SMILES string of the molecule is CC(C)C(NC(=O)CN(C)C(C)(C)CO)c1cccs1. The fourth-order valence-corrected chi connectivity index (χ4v) is 2.75. The van der Waals surface area contributed by atoms with Gasteiger partial charge in [0.25, 0.3) is 0 Å². The predicted molar refractivity (Wildman–Crippen MR) is 83.8 cm³/mol. The van der Waals surface area contributed by atoms with Crippen molar-refractivity contribution in [2.24, 2.45) is 5.92 Å². The molecule has 0 saturated carbocycles. The third kappa shape index (κ3) is 4.58. The molecule has 0 bridgehead atoms. The standard InChI is InChI=1S/C15H26N2O2S/c1-11(2)14(12-7-6-8-20-12)16-13(19)9-17(5)15(3,4)10-18/h6-8,11,14,18H,9-10H2,1-5H3,(H,16,19). The molecule has 0 aromatic carbocycles. The largest absolute Gasteiger partial charge is 0.394 e. The molecule has 114 valence electrons. The molecule has 1 aromatic rings. The van der Waals surface area contributed by atoms with Crippen molar-refractivity contribution in [2.75, 3.05) is 20.2 Å². The number of nitrogens with one attached hydrogen (secondary N) is 1. The Hall–Kier alpha value is -0.910. The van der Waals surface area contributed by atoms with Gasteiger partial charge in [-0.25, -0.2) is 0 Å². The molecule has 4 nitrogen and oxygen atoms in total. The van der Waals surface area contributed by atoms with E-state index in [9.17, 15) is 9.90 Å². The van der Waals surface area contributed by atoms with E-state index < -0.39 is 5.54 Å². The minimum absolute atomic E-state index is 0.0128. The van der Waals surface area contributed by atoms with Gasteiger partial charge in [0.1, 0.15) is 0 Å². The van der Waals surface area contributed by atoms with Gasteiger partial charge in [-0.2, -0.15) is 0 Å². The number of nitrogens with zero attached hydrogens (tertiary/aromatic N) is 1. The van der Waals surface area contributed by atoms with Crippen molar-refractivity contribution in [3.8, 4) is 0 Å². The van der Waals surface area contributed by atoms with E-state index in [4.69, 9.17) is 0 Å². The molecule has 1 amide bonds. The van der Waals surface area contributed by atoms with Gasteiger partial charge in [-0.15, -0.1) is 11.3 Å². The first-order valence-corrected chi connectivity index (χ1v) is 7.80. The first-order valence-electron chi connectivity index (χ1n) is 6.93. The molecule has 0 aliphatic carbocycles. The highest BCUT2D eigenvalue weighted by molar-refractivity contribution is 7.10. The molecule has 0 aliphatic heterocycles. The van der Waals surface area contributed by atoms with Crippen LogP contribution >= 0.6 is 11.3 Å². The molecule has 1 heterocycles. The smallest absolute Gasteiger partial charge is 0.234 e. The maximum absolute atomic E-state index is 12.2. The number of amides is 1. The lowest BCUT2D eigenvalue weighted by atomic mass is 10.0. The summed E-state index contributed by atoms with van der Waals surface area (Å²) in [5.74, 6) is 0.329. The summed E-state index contributed by atoms with van der Waals surface area (Å²) in [5, 5.41) is 14.4. The predicted octanol–water partition coefficient (Wildman–Crippen LogP) is 2.26. The lowest BCUT2D eigenvalue weighted by Crippen LogP contribution is -2.49. The average molecular weight is 298 g/mol. The Morgan fingerprint density at radius 1 is 1.50 bits per heavy atom. The number of carbonyl (C=O) groups is 1. The van der Waals surface area contributed by atoms with Crippen LogP contribution in [0.2, 0.25) is 0 Å². The Balaban J connectivity index is 2.64. The molecule has 2 N–H and O–H groups in total. The second-order valence-corrected chi connectivity index (χ2v) is 7.11. The third-order valence-corrected chi connectivity index (χ3v) is 4.59. The fraction of sp³-hybridized carbons (Fsp3) is 0.667. The normalized spacial score (nSPS) is 13.8. The molecule has 1 unspecified atom stereocenters. The van der Waals surface area contributed by atoms with Gasteiger partial charge in [-0.1, -0.05) is 19.9 Å². The fourth-order valence-electron chi connectivity index (χ4n) is 1.80. The molecular formula is C15H26N2O2S. The molecular weight excluding hydrogens is 272 g/mol. The highest BCUT2D eigenvalue weighted by Gasteiger charge is 2.26. The quantitative estimate of drug-likeness (QED) is 0.812. The molecule has 1 atom stereocenters. The van der Waals surface area contributed by atoms with Gasteiger partial charge in [0.2, 0.25) is 5.91 Å². The van der Waals surface area contributed by atoms with Crippen LogP contribution in [0.15, 0.2) is 17.5 Å². The van der Waals surface area contributed by atoms with Crippen LogP contribution in [0.1, 0.15) is 38.6 Å². The summed E-state index contributed by atoms with van der Waals surface area (Å²) in [5.41, 5.74) is -0.395. The molecule has 5 heteroatoms. The van der Waals surface area contributed by atoms with E-state index in [1.165, 1.54) is 4.88 Å². The van der Waals surface area contributed by atoms with Gasteiger partial charge in [0.15, 0.2) is 0 Å².